The zero-order chi connectivity index (χ0) is 15.0. The molecule has 1 unspecified atom stereocenters. The van der Waals surface area contributed by atoms with Gasteiger partial charge in [-0.25, -0.2) is 0 Å². The third-order valence-electron chi connectivity index (χ3n) is 3.62. The molecule has 0 aromatic rings. The number of rotatable bonds is 2. The lowest BCUT2D eigenvalue weighted by atomic mass is 9.88. The first kappa shape index (κ1) is 16.0. The van der Waals surface area contributed by atoms with Crippen molar-refractivity contribution >= 4 is 0 Å². The quantitative estimate of drug-likeness (QED) is 0.266. The molecule has 0 aromatic carbocycles. The minimum atomic E-state index is -1.61. The largest absolute Gasteiger partial charge is 0.388 e. The summed E-state index contributed by atoms with van der Waals surface area (Å²) in [5.41, 5.74) is 0. The van der Waals surface area contributed by atoms with Crippen molar-refractivity contribution in [3.8, 4) is 0 Å². The Hall–Kier alpha value is -0.360. The molecule has 2 aliphatic rings. The summed E-state index contributed by atoms with van der Waals surface area (Å²) < 4.78 is 9.97. The van der Waals surface area contributed by atoms with Crippen LogP contribution in [0.15, 0.2) is 0 Å². The fraction of sp³-hybridized carbons (Fsp3) is 0.909. The monoisotopic (exact) mass is 295 g/mol. The third kappa shape index (κ3) is 2.82. The van der Waals surface area contributed by atoms with Gasteiger partial charge in [0.05, 0.1) is 6.61 Å². The Balaban J connectivity index is 2.05. The number of aliphatic hydroxyl groups excluding tert-OH is 7. The van der Waals surface area contributed by atoms with Crippen LogP contribution < -0.4 is 0 Å². The first-order valence-corrected chi connectivity index (χ1v) is 6.21. The van der Waals surface area contributed by atoms with Gasteiger partial charge in [-0.1, -0.05) is 0 Å². The highest BCUT2D eigenvalue weighted by atomic mass is 16.6. The second kappa shape index (κ2) is 6.18. The smallest absolute Gasteiger partial charge is 0.115 e. The Bertz CT molecular complexity index is 297. The van der Waals surface area contributed by atoms with E-state index in [0.29, 0.717) is 0 Å². The fourth-order valence-electron chi connectivity index (χ4n) is 2.33. The van der Waals surface area contributed by atoms with E-state index in [1.165, 1.54) is 0 Å². The number of ether oxygens (including phenoxy) is 2. The van der Waals surface area contributed by atoms with Crippen molar-refractivity contribution in [1.29, 1.82) is 0 Å². The molecule has 20 heavy (non-hydrogen) atoms. The molecule has 9 atom stereocenters. The minimum absolute atomic E-state index is 0.308. The summed E-state index contributed by atoms with van der Waals surface area (Å²) in [6.07, 6.45) is -13.2. The molecular weight excluding hydrogens is 276 g/mol. The van der Waals surface area contributed by atoms with Crippen LogP contribution in [0, 0.1) is 6.61 Å². The Kier molecular flexibility index (Phi) is 4.95. The molecule has 2 rings (SSSR count). The summed E-state index contributed by atoms with van der Waals surface area (Å²) in [6, 6.07) is 0. The summed E-state index contributed by atoms with van der Waals surface area (Å²) in [6.45, 7) is 0.545. The summed E-state index contributed by atoms with van der Waals surface area (Å²) in [5.74, 6) is 0. The van der Waals surface area contributed by atoms with Gasteiger partial charge in [0.15, 0.2) is 0 Å². The number of aliphatic hydroxyl groups is 7. The lowest BCUT2D eigenvalue weighted by Gasteiger charge is -2.43. The van der Waals surface area contributed by atoms with Crippen LogP contribution in [0.2, 0.25) is 0 Å². The van der Waals surface area contributed by atoms with Gasteiger partial charge in [-0.05, 0) is 0 Å². The molecule has 2 saturated heterocycles. The van der Waals surface area contributed by atoms with E-state index in [2.05, 4.69) is 0 Å². The van der Waals surface area contributed by atoms with Crippen molar-refractivity contribution in [3.05, 3.63) is 6.61 Å². The first-order valence-electron chi connectivity index (χ1n) is 6.21. The standard InChI is InChI=1S/C11H19O9/c12-3-1-19-10(7(16)5(3)14)9(18)11-8(17)6(15)4(13)2-20-11/h1,3-18H,2H2/t3-,4+,5+,6+,7-,8-,9?,10-,11+/m1/s1. The second-order valence-electron chi connectivity index (χ2n) is 5.05. The van der Waals surface area contributed by atoms with Crippen LogP contribution in [0.4, 0.5) is 0 Å². The normalized spacial score (nSPS) is 51.8. The van der Waals surface area contributed by atoms with E-state index in [4.69, 9.17) is 9.47 Å². The fourth-order valence-corrected chi connectivity index (χ4v) is 2.33. The van der Waals surface area contributed by atoms with Gasteiger partial charge in [0.1, 0.15) is 61.5 Å². The maximum Gasteiger partial charge on any atom is 0.115 e. The van der Waals surface area contributed by atoms with Crippen LogP contribution in [0.25, 0.3) is 0 Å². The van der Waals surface area contributed by atoms with E-state index in [-0.39, 0.29) is 6.61 Å². The lowest BCUT2D eigenvalue weighted by molar-refractivity contribution is -0.248. The Morgan fingerprint density at radius 2 is 1.45 bits per heavy atom. The summed E-state index contributed by atoms with van der Waals surface area (Å²) >= 11 is 0. The SMILES string of the molecule is OC([C@H]1OC[C@H](O)[C@H](O)[C@H]1O)[C@@H]1O[CH][C@@H](O)[C@H](O)[C@H]1O. The van der Waals surface area contributed by atoms with E-state index in [1.807, 2.05) is 0 Å². The molecule has 117 valence electrons. The van der Waals surface area contributed by atoms with Gasteiger partial charge in [-0.2, -0.15) is 0 Å². The van der Waals surface area contributed by atoms with Crippen LogP contribution >= 0.6 is 0 Å². The predicted octanol–water partition coefficient (Wildman–Crippen LogP) is -4.53. The van der Waals surface area contributed by atoms with Gasteiger partial charge in [-0.15, -0.1) is 0 Å². The van der Waals surface area contributed by atoms with Crippen molar-refractivity contribution in [2.45, 2.75) is 54.9 Å². The molecule has 0 saturated carbocycles. The summed E-state index contributed by atoms with van der Waals surface area (Å²) in [7, 11) is 0. The Morgan fingerprint density at radius 1 is 0.850 bits per heavy atom. The first-order chi connectivity index (χ1) is 9.34. The topological polar surface area (TPSA) is 160 Å². The molecule has 9 heteroatoms. The van der Waals surface area contributed by atoms with Gasteiger partial charge in [0.2, 0.25) is 0 Å². The van der Waals surface area contributed by atoms with Crippen LogP contribution in [0.5, 0.6) is 0 Å². The van der Waals surface area contributed by atoms with Crippen molar-refractivity contribution in [3.63, 3.8) is 0 Å². The molecule has 0 aliphatic carbocycles. The van der Waals surface area contributed by atoms with E-state index in [9.17, 15) is 35.7 Å². The second-order valence-corrected chi connectivity index (χ2v) is 5.05. The molecule has 2 fully saturated rings. The summed E-state index contributed by atoms with van der Waals surface area (Å²) in [4.78, 5) is 0. The lowest BCUT2D eigenvalue weighted by Crippen LogP contribution is -2.63. The Labute approximate surface area is 114 Å². The van der Waals surface area contributed by atoms with Crippen LogP contribution in [0.1, 0.15) is 0 Å². The van der Waals surface area contributed by atoms with Crippen molar-refractivity contribution < 1.29 is 45.2 Å². The van der Waals surface area contributed by atoms with E-state index < -0.39 is 54.9 Å². The summed E-state index contributed by atoms with van der Waals surface area (Å²) in [5, 5.41) is 67.2. The number of hydrogen-bond donors (Lipinski definition) is 7. The maximum atomic E-state index is 10.1. The maximum absolute atomic E-state index is 10.1. The molecule has 2 heterocycles. The van der Waals surface area contributed by atoms with Crippen molar-refractivity contribution in [2.24, 2.45) is 0 Å². The highest BCUT2D eigenvalue weighted by molar-refractivity contribution is 5.00. The highest BCUT2D eigenvalue weighted by Crippen LogP contribution is 2.27. The van der Waals surface area contributed by atoms with Gasteiger partial charge < -0.3 is 45.2 Å². The van der Waals surface area contributed by atoms with E-state index in [1.54, 1.807) is 0 Å². The zero-order valence-corrected chi connectivity index (χ0v) is 10.4. The van der Waals surface area contributed by atoms with Crippen LogP contribution in [-0.2, 0) is 9.47 Å². The highest BCUT2D eigenvalue weighted by Gasteiger charge is 2.49. The molecule has 9 nitrogen and oxygen atoms in total. The van der Waals surface area contributed by atoms with Crippen LogP contribution in [-0.4, -0.2) is 97.3 Å². The molecular formula is C11H19O9. The van der Waals surface area contributed by atoms with Gasteiger partial charge in [0, 0.05) is 0 Å². The van der Waals surface area contributed by atoms with Crippen molar-refractivity contribution in [2.75, 3.05) is 6.61 Å². The third-order valence-corrected chi connectivity index (χ3v) is 3.62. The molecule has 0 bridgehead atoms. The molecule has 7 N–H and O–H groups in total. The molecule has 0 spiro atoms. The van der Waals surface area contributed by atoms with E-state index in [0.717, 1.165) is 6.61 Å². The molecule has 1 radical (unpaired) electrons. The van der Waals surface area contributed by atoms with E-state index >= 15 is 0 Å². The minimum Gasteiger partial charge on any atom is -0.388 e. The molecule has 2 aliphatic heterocycles. The average molecular weight is 295 g/mol. The Morgan fingerprint density at radius 3 is 2.10 bits per heavy atom. The van der Waals surface area contributed by atoms with Crippen LogP contribution in [0.3, 0.4) is 0 Å². The number of hydrogen-bond acceptors (Lipinski definition) is 9. The zero-order valence-electron chi connectivity index (χ0n) is 10.4. The molecule has 0 aromatic heterocycles. The van der Waals surface area contributed by atoms with Crippen molar-refractivity contribution in [1.82, 2.24) is 0 Å². The predicted molar refractivity (Wildman–Crippen MR) is 61.0 cm³/mol. The molecule has 0 amide bonds. The van der Waals surface area contributed by atoms with Gasteiger partial charge >= 0.3 is 0 Å². The average Bonchev–Trinajstić information content (AvgIpc) is 2.42. The van der Waals surface area contributed by atoms with Gasteiger partial charge in [0.25, 0.3) is 0 Å². The van der Waals surface area contributed by atoms with Gasteiger partial charge in [-0.3, -0.25) is 0 Å².